The van der Waals surface area contributed by atoms with Crippen LogP contribution in [0.15, 0.2) is 48.5 Å². The molecular weight excluding hydrogens is 344 g/mol. The summed E-state index contributed by atoms with van der Waals surface area (Å²) in [6, 6.07) is 15.5. The maximum Gasteiger partial charge on any atom is 0.251 e. The van der Waals surface area contributed by atoms with Crippen LogP contribution in [0.5, 0.6) is 11.5 Å². The van der Waals surface area contributed by atoms with Gasteiger partial charge in [0.05, 0.1) is 33.5 Å². The maximum atomic E-state index is 12.7. The number of amides is 1. The number of ether oxygens (including phenoxy) is 3. The van der Waals surface area contributed by atoms with Crippen molar-refractivity contribution < 1.29 is 19.0 Å². The van der Waals surface area contributed by atoms with Crippen LogP contribution in [0.3, 0.4) is 0 Å². The van der Waals surface area contributed by atoms with Gasteiger partial charge in [0.15, 0.2) is 11.5 Å². The summed E-state index contributed by atoms with van der Waals surface area (Å²) >= 11 is 0. The van der Waals surface area contributed by atoms with Gasteiger partial charge in [-0.2, -0.15) is 0 Å². The Hall–Kier alpha value is -2.57. The third-order valence-electron chi connectivity index (χ3n) is 4.77. The molecule has 6 nitrogen and oxygen atoms in total. The number of morpholine rings is 1. The van der Waals surface area contributed by atoms with Crippen molar-refractivity contribution >= 4 is 5.91 Å². The summed E-state index contributed by atoms with van der Waals surface area (Å²) in [5.41, 5.74) is 1.73. The molecule has 1 fully saturated rings. The number of hydrogen-bond donors (Lipinski definition) is 1. The molecule has 0 radical (unpaired) electrons. The van der Waals surface area contributed by atoms with E-state index in [-0.39, 0.29) is 11.9 Å². The van der Waals surface area contributed by atoms with Gasteiger partial charge in [-0.3, -0.25) is 9.69 Å². The molecule has 6 heteroatoms. The molecule has 2 aromatic carbocycles. The lowest BCUT2D eigenvalue weighted by molar-refractivity contribution is 0.0162. The first kappa shape index (κ1) is 19.2. The maximum absolute atomic E-state index is 12.7. The van der Waals surface area contributed by atoms with Gasteiger partial charge in [0.1, 0.15) is 0 Å². The van der Waals surface area contributed by atoms with Gasteiger partial charge in [0.25, 0.3) is 5.91 Å². The molecule has 2 aromatic rings. The van der Waals surface area contributed by atoms with E-state index in [1.807, 2.05) is 18.2 Å². The molecule has 0 spiro atoms. The zero-order valence-corrected chi connectivity index (χ0v) is 15.8. The molecule has 144 valence electrons. The molecule has 1 heterocycles. The minimum Gasteiger partial charge on any atom is -0.493 e. The largest absolute Gasteiger partial charge is 0.493 e. The van der Waals surface area contributed by atoms with Crippen LogP contribution in [0.4, 0.5) is 0 Å². The molecular formula is C21H26N2O4. The first-order chi connectivity index (χ1) is 13.2. The highest BCUT2D eigenvalue weighted by Crippen LogP contribution is 2.27. The molecule has 1 unspecified atom stereocenters. The van der Waals surface area contributed by atoms with Crippen molar-refractivity contribution in [1.29, 1.82) is 0 Å². The van der Waals surface area contributed by atoms with E-state index in [0.717, 1.165) is 13.1 Å². The van der Waals surface area contributed by atoms with E-state index in [9.17, 15) is 4.79 Å². The van der Waals surface area contributed by atoms with Crippen LogP contribution in [0.25, 0.3) is 0 Å². The molecule has 0 saturated carbocycles. The average Bonchev–Trinajstić information content (AvgIpc) is 2.74. The van der Waals surface area contributed by atoms with E-state index in [4.69, 9.17) is 14.2 Å². The topological polar surface area (TPSA) is 60.0 Å². The SMILES string of the molecule is COc1ccc(C(=O)NCC(c2ccccc2)N2CCOCC2)cc1OC. The lowest BCUT2D eigenvalue weighted by Crippen LogP contribution is -2.43. The second-order valence-electron chi connectivity index (χ2n) is 6.35. The third kappa shape index (κ3) is 4.78. The molecule has 1 saturated heterocycles. The zero-order chi connectivity index (χ0) is 19.1. The fourth-order valence-electron chi connectivity index (χ4n) is 3.29. The molecule has 3 rings (SSSR count). The minimum atomic E-state index is -0.134. The van der Waals surface area contributed by atoms with Crippen molar-refractivity contribution in [2.45, 2.75) is 6.04 Å². The fourth-order valence-corrected chi connectivity index (χ4v) is 3.29. The Morgan fingerprint density at radius 2 is 1.78 bits per heavy atom. The molecule has 1 N–H and O–H groups in total. The first-order valence-corrected chi connectivity index (χ1v) is 9.10. The molecule has 1 atom stereocenters. The van der Waals surface area contributed by atoms with Crippen molar-refractivity contribution in [3.63, 3.8) is 0 Å². The van der Waals surface area contributed by atoms with Crippen molar-refractivity contribution in [2.75, 3.05) is 47.1 Å². The molecule has 1 amide bonds. The van der Waals surface area contributed by atoms with E-state index >= 15 is 0 Å². The number of rotatable bonds is 7. The smallest absolute Gasteiger partial charge is 0.251 e. The summed E-state index contributed by atoms with van der Waals surface area (Å²) in [4.78, 5) is 15.0. The van der Waals surface area contributed by atoms with E-state index < -0.39 is 0 Å². The average molecular weight is 370 g/mol. The lowest BCUT2D eigenvalue weighted by Gasteiger charge is -2.35. The van der Waals surface area contributed by atoms with Crippen LogP contribution in [-0.2, 0) is 4.74 Å². The van der Waals surface area contributed by atoms with Gasteiger partial charge in [-0.25, -0.2) is 0 Å². The van der Waals surface area contributed by atoms with E-state index in [1.165, 1.54) is 5.56 Å². The zero-order valence-electron chi connectivity index (χ0n) is 15.8. The van der Waals surface area contributed by atoms with Gasteiger partial charge in [-0.1, -0.05) is 30.3 Å². The number of carbonyl (C=O) groups excluding carboxylic acids is 1. The number of nitrogens with one attached hydrogen (secondary N) is 1. The molecule has 1 aliphatic rings. The monoisotopic (exact) mass is 370 g/mol. The predicted molar refractivity (Wildman–Crippen MR) is 103 cm³/mol. The molecule has 1 aliphatic heterocycles. The Morgan fingerprint density at radius 3 is 2.44 bits per heavy atom. The standard InChI is InChI=1S/C21H26N2O4/c1-25-19-9-8-17(14-20(19)26-2)21(24)22-15-18(16-6-4-3-5-7-16)23-10-12-27-13-11-23/h3-9,14,18H,10-13,15H2,1-2H3,(H,22,24). The van der Waals surface area contributed by atoms with Crippen molar-refractivity contribution in [1.82, 2.24) is 10.2 Å². The Kier molecular flexibility index (Phi) is 6.68. The summed E-state index contributed by atoms with van der Waals surface area (Å²) < 4.78 is 16.0. The molecule has 0 bridgehead atoms. The lowest BCUT2D eigenvalue weighted by atomic mass is 10.0. The number of hydrogen-bond acceptors (Lipinski definition) is 5. The second kappa shape index (κ2) is 9.39. The van der Waals surface area contributed by atoms with Crippen LogP contribution < -0.4 is 14.8 Å². The summed E-state index contributed by atoms with van der Waals surface area (Å²) in [5, 5.41) is 3.07. The first-order valence-electron chi connectivity index (χ1n) is 9.10. The van der Waals surface area contributed by atoms with E-state index in [0.29, 0.717) is 36.8 Å². The summed E-state index contributed by atoms with van der Waals surface area (Å²) in [7, 11) is 3.13. The fraction of sp³-hybridized carbons (Fsp3) is 0.381. The Balaban J connectivity index is 1.72. The van der Waals surface area contributed by atoms with Gasteiger partial charge < -0.3 is 19.5 Å². The second-order valence-corrected chi connectivity index (χ2v) is 6.35. The van der Waals surface area contributed by atoms with Gasteiger partial charge in [0, 0.05) is 25.2 Å². The summed E-state index contributed by atoms with van der Waals surface area (Å²) in [5.74, 6) is 1.01. The third-order valence-corrected chi connectivity index (χ3v) is 4.77. The van der Waals surface area contributed by atoms with Gasteiger partial charge in [0.2, 0.25) is 0 Å². The predicted octanol–water partition coefficient (Wildman–Crippen LogP) is 2.51. The highest BCUT2D eigenvalue weighted by atomic mass is 16.5. The summed E-state index contributed by atoms with van der Waals surface area (Å²) in [6.07, 6.45) is 0. The highest BCUT2D eigenvalue weighted by Gasteiger charge is 2.23. The Morgan fingerprint density at radius 1 is 1.07 bits per heavy atom. The Bertz CT molecular complexity index is 745. The quantitative estimate of drug-likeness (QED) is 0.812. The van der Waals surface area contributed by atoms with E-state index in [1.54, 1.807) is 32.4 Å². The van der Waals surface area contributed by atoms with Crippen LogP contribution in [-0.4, -0.2) is 57.9 Å². The van der Waals surface area contributed by atoms with Gasteiger partial charge in [-0.05, 0) is 23.8 Å². The number of benzene rings is 2. The molecule has 0 aromatic heterocycles. The van der Waals surface area contributed by atoms with Crippen molar-refractivity contribution in [3.05, 3.63) is 59.7 Å². The highest BCUT2D eigenvalue weighted by molar-refractivity contribution is 5.94. The van der Waals surface area contributed by atoms with Crippen LogP contribution >= 0.6 is 0 Å². The normalized spacial score (nSPS) is 15.8. The van der Waals surface area contributed by atoms with Crippen molar-refractivity contribution in [3.8, 4) is 11.5 Å². The van der Waals surface area contributed by atoms with E-state index in [2.05, 4.69) is 22.3 Å². The number of carbonyl (C=O) groups is 1. The summed E-state index contributed by atoms with van der Waals surface area (Å²) in [6.45, 7) is 3.66. The minimum absolute atomic E-state index is 0.110. The number of nitrogens with zero attached hydrogens (tertiary/aromatic N) is 1. The Labute approximate surface area is 160 Å². The van der Waals surface area contributed by atoms with Crippen LogP contribution in [0.2, 0.25) is 0 Å². The van der Waals surface area contributed by atoms with Crippen LogP contribution in [0.1, 0.15) is 22.0 Å². The van der Waals surface area contributed by atoms with Crippen molar-refractivity contribution in [2.24, 2.45) is 0 Å². The molecule has 27 heavy (non-hydrogen) atoms. The van der Waals surface area contributed by atoms with Gasteiger partial charge in [-0.15, -0.1) is 0 Å². The van der Waals surface area contributed by atoms with Crippen LogP contribution in [0, 0.1) is 0 Å². The number of methoxy groups -OCH3 is 2. The van der Waals surface area contributed by atoms with Gasteiger partial charge >= 0.3 is 0 Å². The molecule has 0 aliphatic carbocycles.